The minimum Gasteiger partial charge on any atom is -0.336 e. The quantitative estimate of drug-likeness (QED) is 0.732. The van der Waals surface area contributed by atoms with Crippen molar-refractivity contribution >= 4 is 17.5 Å². The molecule has 0 aromatic heterocycles. The Balaban J connectivity index is 1.62. The topological polar surface area (TPSA) is 73.5 Å². The maximum atomic E-state index is 12.9. The lowest BCUT2D eigenvalue weighted by atomic mass is 9.94. The molecule has 0 aliphatic carbocycles. The van der Waals surface area contributed by atoms with Gasteiger partial charge in [-0.2, -0.15) is 0 Å². The molecule has 1 aliphatic rings. The van der Waals surface area contributed by atoms with Crippen LogP contribution < -0.4 is 16.2 Å². The van der Waals surface area contributed by atoms with Crippen LogP contribution in [0.3, 0.4) is 0 Å². The summed E-state index contributed by atoms with van der Waals surface area (Å²) in [7, 11) is 1.67. The number of benzene rings is 2. The fourth-order valence-electron chi connectivity index (χ4n) is 3.42. The number of carbonyl (C=O) groups is 2. The number of nitrogens with one attached hydrogen (secondary N) is 3. The van der Waals surface area contributed by atoms with Crippen LogP contribution >= 0.6 is 0 Å². The van der Waals surface area contributed by atoms with Crippen molar-refractivity contribution in [3.8, 4) is 0 Å². The molecule has 6 heteroatoms. The van der Waals surface area contributed by atoms with Crippen molar-refractivity contribution in [2.45, 2.75) is 19.4 Å². The second kappa shape index (κ2) is 8.79. The summed E-state index contributed by atoms with van der Waals surface area (Å²) in [5, 5.41) is 2.92. The highest BCUT2D eigenvalue weighted by atomic mass is 16.2. The Morgan fingerprint density at radius 1 is 1.11 bits per heavy atom. The van der Waals surface area contributed by atoms with Gasteiger partial charge in [-0.3, -0.25) is 15.0 Å². The Kier molecular flexibility index (Phi) is 6.21. The minimum absolute atomic E-state index is 0.0227. The Morgan fingerprint density at radius 2 is 1.81 bits per heavy atom. The van der Waals surface area contributed by atoms with Gasteiger partial charge in [0, 0.05) is 19.3 Å². The first-order valence-electron chi connectivity index (χ1n) is 9.26. The molecule has 1 fully saturated rings. The maximum Gasteiger partial charge on any atom is 0.243 e. The summed E-state index contributed by atoms with van der Waals surface area (Å²) in [6.07, 6.45) is 0.837. The predicted octanol–water partition coefficient (Wildman–Crippen LogP) is 2.11. The number of hydrogen-bond donors (Lipinski definition) is 3. The molecular weight excluding hydrogens is 340 g/mol. The third-order valence-electron chi connectivity index (χ3n) is 4.89. The number of carbonyl (C=O) groups excluding carboxylic acids is 2. The van der Waals surface area contributed by atoms with E-state index in [-0.39, 0.29) is 30.3 Å². The van der Waals surface area contributed by atoms with E-state index in [1.807, 2.05) is 61.5 Å². The first kappa shape index (κ1) is 19.1. The summed E-state index contributed by atoms with van der Waals surface area (Å²) < 4.78 is 0. The Morgan fingerprint density at radius 3 is 2.56 bits per heavy atom. The van der Waals surface area contributed by atoms with Crippen molar-refractivity contribution in [1.82, 2.24) is 15.8 Å². The first-order chi connectivity index (χ1) is 13.1. The zero-order chi connectivity index (χ0) is 19.2. The molecule has 1 saturated heterocycles. The van der Waals surface area contributed by atoms with Crippen LogP contribution in [0.5, 0.6) is 0 Å². The molecule has 1 heterocycles. The van der Waals surface area contributed by atoms with Gasteiger partial charge in [0.25, 0.3) is 0 Å². The lowest BCUT2D eigenvalue weighted by Crippen LogP contribution is -2.41. The van der Waals surface area contributed by atoms with Crippen LogP contribution in [-0.4, -0.2) is 36.9 Å². The van der Waals surface area contributed by atoms with Gasteiger partial charge in [0.05, 0.1) is 18.5 Å². The summed E-state index contributed by atoms with van der Waals surface area (Å²) in [6, 6.07) is 17.5. The van der Waals surface area contributed by atoms with Gasteiger partial charge in [0.2, 0.25) is 11.8 Å². The summed E-state index contributed by atoms with van der Waals surface area (Å²) >= 11 is 0. The molecular formula is C21H26N4O2. The Bertz CT molecular complexity index is 794. The molecule has 142 valence electrons. The SMILES string of the molecule is CCc1ccccc1NC(=O)CN(C)C(=O)C1CNNC1c1ccccc1. The van der Waals surface area contributed by atoms with Gasteiger partial charge >= 0.3 is 0 Å². The van der Waals surface area contributed by atoms with Crippen LogP contribution in [-0.2, 0) is 16.0 Å². The molecule has 0 bridgehead atoms. The number of anilines is 1. The Labute approximate surface area is 159 Å². The lowest BCUT2D eigenvalue weighted by Gasteiger charge is -2.24. The van der Waals surface area contributed by atoms with E-state index in [4.69, 9.17) is 0 Å². The molecule has 0 saturated carbocycles. The summed E-state index contributed by atoms with van der Waals surface area (Å²) in [4.78, 5) is 26.8. The second-order valence-electron chi connectivity index (χ2n) is 6.77. The van der Waals surface area contributed by atoms with E-state index < -0.39 is 0 Å². The van der Waals surface area contributed by atoms with Crippen molar-refractivity contribution < 1.29 is 9.59 Å². The second-order valence-corrected chi connectivity index (χ2v) is 6.77. The van der Waals surface area contributed by atoms with Gasteiger partial charge in [-0.25, -0.2) is 5.43 Å². The van der Waals surface area contributed by atoms with Crippen molar-refractivity contribution in [2.24, 2.45) is 5.92 Å². The fourth-order valence-corrected chi connectivity index (χ4v) is 3.42. The van der Waals surface area contributed by atoms with Crippen molar-refractivity contribution in [3.63, 3.8) is 0 Å². The highest BCUT2D eigenvalue weighted by Gasteiger charge is 2.35. The number of para-hydroxylation sites is 1. The number of rotatable bonds is 6. The smallest absolute Gasteiger partial charge is 0.243 e. The van der Waals surface area contributed by atoms with E-state index in [1.54, 1.807) is 7.05 Å². The minimum atomic E-state index is -0.256. The first-order valence-corrected chi connectivity index (χ1v) is 9.26. The molecule has 6 nitrogen and oxygen atoms in total. The molecule has 2 aromatic rings. The molecule has 2 atom stereocenters. The maximum absolute atomic E-state index is 12.9. The highest BCUT2D eigenvalue weighted by molar-refractivity contribution is 5.95. The van der Waals surface area contributed by atoms with E-state index in [9.17, 15) is 9.59 Å². The van der Waals surface area contributed by atoms with Gasteiger partial charge in [-0.05, 0) is 23.6 Å². The normalized spacial score (nSPS) is 18.9. The number of hydrazine groups is 1. The number of aryl methyl sites for hydroxylation is 1. The van der Waals surface area contributed by atoms with Crippen LogP contribution in [0.25, 0.3) is 0 Å². The predicted molar refractivity (Wildman–Crippen MR) is 106 cm³/mol. The molecule has 1 aliphatic heterocycles. The molecule has 3 rings (SSSR count). The van der Waals surface area contributed by atoms with Gasteiger partial charge in [-0.15, -0.1) is 0 Å². The summed E-state index contributed by atoms with van der Waals surface area (Å²) in [6.45, 7) is 2.60. The van der Waals surface area contributed by atoms with E-state index >= 15 is 0 Å². The average Bonchev–Trinajstić information content (AvgIpc) is 3.18. The average molecular weight is 366 g/mol. The van der Waals surface area contributed by atoms with Crippen LogP contribution in [0.4, 0.5) is 5.69 Å². The number of nitrogens with zero attached hydrogens (tertiary/aromatic N) is 1. The molecule has 3 N–H and O–H groups in total. The molecule has 0 spiro atoms. The fraction of sp³-hybridized carbons (Fsp3) is 0.333. The van der Waals surface area contributed by atoms with Crippen LogP contribution in [0.1, 0.15) is 24.1 Å². The molecule has 0 radical (unpaired) electrons. The van der Waals surface area contributed by atoms with E-state index in [2.05, 4.69) is 16.2 Å². The van der Waals surface area contributed by atoms with Gasteiger partial charge in [0.1, 0.15) is 0 Å². The van der Waals surface area contributed by atoms with Crippen molar-refractivity contribution in [2.75, 3.05) is 25.5 Å². The zero-order valence-electron chi connectivity index (χ0n) is 15.7. The lowest BCUT2D eigenvalue weighted by molar-refractivity contribution is -0.136. The van der Waals surface area contributed by atoms with Gasteiger partial charge in [0.15, 0.2) is 0 Å². The molecule has 2 amide bonds. The van der Waals surface area contributed by atoms with Crippen molar-refractivity contribution in [3.05, 3.63) is 65.7 Å². The van der Waals surface area contributed by atoms with Crippen LogP contribution in [0.15, 0.2) is 54.6 Å². The summed E-state index contributed by atoms with van der Waals surface area (Å²) in [5.74, 6) is -0.504. The largest absolute Gasteiger partial charge is 0.336 e. The zero-order valence-corrected chi connectivity index (χ0v) is 15.7. The number of hydrogen-bond acceptors (Lipinski definition) is 4. The van der Waals surface area contributed by atoms with Gasteiger partial charge < -0.3 is 10.2 Å². The number of amides is 2. The molecule has 2 unspecified atom stereocenters. The highest BCUT2D eigenvalue weighted by Crippen LogP contribution is 2.26. The van der Waals surface area contributed by atoms with E-state index in [0.29, 0.717) is 6.54 Å². The molecule has 27 heavy (non-hydrogen) atoms. The Hall–Kier alpha value is -2.70. The third kappa shape index (κ3) is 4.53. The summed E-state index contributed by atoms with van der Waals surface area (Å²) in [5.41, 5.74) is 9.17. The van der Waals surface area contributed by atoms with E-state index in [1.165, 1.54) is 4.90 Å². The standard InChI is InChI=1S/C21H26N4O2/c1-3-15-9-7-8-12-18(15)23-19(26)14-25(2)21(27)17-13-22-24-20(17)16-10-5-4-6-11-16/h4-12,17,20,22,24H,3,13-14H2,1-2H3,(H,23,26). The van der Waals surface area contributed by atoms with Crippen molar-refractivity contribution in [1.29, 1.82) is 0 Å². The van der Waals surface area contributed by atoms with Gasteiger partial charge in [-0.1, -0.05) is 55.5 Å². The third-order valence-corrected chi connectivity index (χ3v) is 4.89. The van der Waals surface area contributed by atoms with E-state index in [0.717, 1.165) is 23.2 Å². The monoisotopic (exact) mass is 366 g/mol. The van der Waals surface area contributed by atoms with Crippen LogP contribution in [0.2, 0.25) is 0 Å². The molecule has 2 aromatic carbocycles. The number of likely N-dealkylation sites (N-methyl/N-ethyl adjacent to an activating group) is 1. The van der Waals surface area contributed by atoms with Crippen LogP contribution in [0, 0.1) is 5.92 Å².